The van der Waals surface area contributed by atoms with E-state index in [0.29, 0.717) is 13.2 Å². The minimum Gasteiger partial charge on any atom is -0.494 e. The SMILES string of the molecule is CCOc1cccc(NCc2ccc(OC)c(F)c2)c1. The van der Waals surface area contributed by atoms with Crippen LogP contribution in [0.5, 0.6) is 11.5 Å². The Balaban J connectivity index is 2.01. The van der Waals surface area contributed by atoms with Crippen molar-refractivity contribution >= 4 is 5.69 Å². The molecule has 0 atom stereocenters. The van der Waals surface area contributed by atoms with Crippen LogP contribution in [-0.4, -0.2) is 13.7 Å². The van der Waals surface area contributed by atoms with Crippen LogP contribution in [0.4, 0.5) is 10.1 Å². The van der Waals surface area contributed by atoms with Crippen LogP contribution in [0.1, 0.15) is 12.5 Å². The van der Waals surface area contributed by atoms with Gasteiger partial charge < -0.3 is 14.8 Å². The summed E-state index contributed by atoms with van der Waals surface area (Å²) in [5, 5.41) is 3.24. The maximum atomic E-state index is 13.6. The highest BCUT2D eigenvalue weighted by atomic mass is 19.1. The lowest BCUT2D eigenvalue weighted by atomic mass is 10.2. The molecule has 106 valence electrons. The number of methoxy groups -OCH3 is 1. The second-order valence-electron chi connectivity index (χ2n) is 4.28. The van der Waals surface area contributed by atoms with E-state index >= 15 is 0 Å². The summed E-state index contributed by atoms with van der Waals surface area (Å²) in [5.41, 5.74) is 1.79. The monoisotopic (exact) mass is 275 g/mol. The molecule has 0 radical (unpaired) electrons. The van der Waals surface area contributed by atoms with E-state index in [4.69, 9.17) is 9.47 Å². The third-order valence-corrected chi connectivity index (χ3v) is 2.86. The average Bonchev–Trinajstić information content (AvgIpc) is 2.46. The summed E-state index contributed by atoms with van der Waals surface area (Å²) >= 11 is 0. The van der Waals surface area contributed by atoms with Crippen molar-refractivity contribution in [3.05, 3.63) is 53.8 Å². The van der Waals surface area contributed by atoms with Crippen LogP contribution < -0.4 is 14.8 Å². The summed E-state index contributed by atoms with van der Waals surface area (Å²) in [6.45, 7) is 3.11. The summed E-state index contributed by atoms with van der Waals surface area (Å²) in [5.74, 6) is 0.723. The number of halogens is 1. The molecule has 0 aliphatic heterocycles. The Morgan fingerprint density at radius 2 is 2.00 bits per heavy atom. The molecule has 0 saturated heterocycles. The van der Waals surface area contributed by atoms with Crippen LogP contribution in [0.25, 0.3) is 0 Å². The van der Waals surface area contributed by atoms with E-state index in [1.807, 2.05) is 37.3 Å². The maximum absolute atomic E-state index is 13.6. The number of hydrogen-bond acceptors (Lipinski definition) is 3. The second kappa shape index (κ2) is 6.80. The van der Waals surface area contributed by atoms with Crippen LogP contribution >= 0.6 is 0 Å². The van der Waals surface area contributed by atoms with Crippen LogP contribution in [0, 0.1) is 5.82 Å². The van der Waals surface area contributed by atoms with Gasteiger partial charge in [0.15, 0.2) is 11.6 Å². The van der Waals surface area contributed by atoms with E-state index in [1.54, 1.807) is 6.07 Å². The maximum Gasteiger partial charge on any atom is 0.165 e. The molecule has 0 saturated carbocycles. The highest BCUT2D eigenvalue weighted by molar-refractivity contribution is 5.48. The Morgan fingerprint density at radius 3 is 2.70 bits per heavy atom. The molecule has 4 heteroatoms. The van der Waals surface area contributed by atoms with Gasteiger partial charge in [-0.05, 0) is 36.8 Å². The van der Waals surface area contributed by atoms with Crippen molar-refractivity contribution in [3.8, 4) is 11.5 Å². The van der Waals surface area contributed by atoms with Crippen molar-refractivity contribution in [2.75, 3.05) is 19.0 Å². The zero-order chi connectivity index (χ0) is 14.4. The van der Waals surface area contributed by atoms with Gasteiger partial charge in [0.25, 0.3) is 0 Å². The Kier molecular flexibility index (Phi) is 4.82. The molecular formula is C16H18FNO2. The lowest BCUT2D eigenvalue weighted by Crippen LogP contribution is -2.01. The van der Waals surface area contributed by atoms with E-state index in [2.05, 4.69) is 5.32 Å². The first-order valence-electron chi connectivity index (χ1n) is 6.52. The number of benzene rings is 2. The van der Waals surface area contributed by atoms with Gasteiger partial charge in [0.1, 0.15) is 5.75 Å². The topological polar surface area (TPSA) is 30.5 Å². The van der Waals surface area contributed by atoms with E-state index in [-0.39, 0.29) is 11.6 Å². The van der Waals surface area contributed by atoms with Gasteiger partial charge in [-0.15, -0.1) is 0 Å². The highest BCUT2D eigenvalue weighted by Crippen LogP contribution is 2.20. The predicted molar refractivity (Wildman–Crippen MR) is 77.9 cm³/mol. The highest BCUT2D eigenvalue weighted by Gasteiger charge is 2.03. The van der Waals surface area contributed by atoms with Gasteiger partial charge >= 0.3 is 0 Å². The lowest BCUT2D eigenvalue weighted by molar-refractivity contribution is 0.340. The molecule has 2 rings (SSSR count). The predicted octanol–water partition coefficient (Wildman–Crippen LogP) is 3.85. The molecule has 0 heterocycles. The van der Waals surface area contributed by atoms with E-state index in [0.717, 1.165) is 17.0 Å². The summed E-state index contributed by atoms with van der Waals surface area (Å²) in [6, 6.07) is 12.6. The lowest BCUT2D eigenvalue weighted by Gasteiger charge is -2.10. The first kappa shape index (κ1) is 14.2. The molecular weight excluding hydrogens is 257 g/mol. The fourth-order valence-electron chi connectivity index (χ4n) is 1.89. The largest absolute Gasteiger partial charge is 0.494 e. The minimum absolute atomic E-state index is 0.257. The zero-order valence-corrected chi connectivity index (χ0v) is 11.7. The van der Waals surface area contributed by atoms with E-state index < -0.39 is 0 Å². The fraction of sp³-hybridized carbons (Fsp3) is 0.250. The van der Waals surface area contributed by atoms with Gasteiger partial charge in [-0.1, -0.05) is 12.1 Å². The van der Waals surface area contributed by atoms with E-state index in [1.165, 1.54) is 13.2 Å². The van der Waals surface area contributed by atoms with Crippen molar-refractivity contribution in [1.82, 2.24) is 0 Å². The molecule has 0 spiro atoms. The molecule has 0 bridgehead atoms. The fourth-order valence-corrected chi connectivity index (χ4v) is 1.89. The number of ether oxygens (including phenoxy) is 2. The molecule has 3 nitrogen and oxygen atoms in total. The average molecular weight is 275 g/mol. The van der Waals surface area contributed by atoms with Gasteiger partial charge in [0, 0.05) is 18.3 Å². The van der Waals surface area contributed by atoms with Crippen LogP contribution in [-0.2, 0) is 6.54 Å². The van der Waals surface area contributed by atoms with Crippen molar-refractivity contribution in [2.45, 2.75) is 13.5 Å². The normalized spacial score (nSPS) is 10.2. The molecule has 20 heavy (non-hydrogen) atoms. The number of anilines is 1. The minimum atomic E-state index is -0.352. The molecule has 2 aromatic rings. The molecule has 0 fully saturated rings. The van der Waals surface area contributed by atoms with Crippen molar-refractivity contribution in [3.63, 3.8) is 0 Å². The second-order valence-corrected chi connectivity index (χ2v) is 4.28. The van der Waals surface area contributed by atoms with Crippen LogP contribution in [0.3, 0.4) is 0 Å². The van der Waals surface area contributed by atoms with Gasteiger partial charge in [0.05, 0.1) is 13.7 Å². The molecule has 0 aromatic heterocycles. The molecule has 0 aliphatic rings. The Hall–Kier alpha value is -2.23. The summed E-state index contributed by atoms with van der Waals surface area (Å²) in [4.78, 5) is 0. The van der Waals surface area contributed by atoms with Gasteiger partial charge in [0.2, 0.25) is 0 Å². The smallest absolute Gasteiger partial charge is 0.165 e. The quantitative estimate of drug-likeness (QED) is 0.868. The number of rotatable bonds is 6. The molecule has 0 unspecified atom stereocenters. The molecule has 1 N–H and O–H groups in total. The van der Waals surface area contributed by atoms with Gasteiger partial charge in [-0.3, -0.25) is 0 Å². The third-order valence-electron chi connectivity index (χ3n) is 2.86. The third kappa shape index (κ3) is 3.63. The van der Waals surface area contributed by atoms with Crippen molar-refractivity contribution in [2.24, 2.45) is 0 Å². The Bertz CT molecular complexity index is 572. The molecule has 0 amide bonds. The van der Waals surface area contributed by atoms with Crippen LogP contribution in [0.2, 0.25) is 0 Å². The van der Waals surface area contributed by atoms with Gasteiger partial charge in [-0.25, -0.2) is 4.39 Å². The first-order chi connectivity index (χ1) is 9.72. The Labute approximate surface area is 118 Å². The standard InChI is InChI=1S/C16H18FNO2/c1-3-20-14-6-4-5-13(10-14)18-11-12-7-8-16(19-2)15(17)9-12/h4-10,18H,3,11H2,1-2H3. The molecule has 0 aliphatic carbocycles. The Morgan fingerprint density at radius 1 is 1.15 bits per heavy atom. The summed E-state index contributed by atoms with van der Waals surface area (Å²) in [7, 11) is 1.45. The van der Waals surface area contributed by atoms with Gasteiger partial charge in [-0.2, -0.15) is 0 Å². The number of hydrogen-bond donors (Lipinski definition) is 1. The van der Waals surface area contributed by atoms with Crippen molar-refractivity contribution in [1.29, 1.82) is 0 Å². The van der Waals surface area contributed by atoms with Crippen molar-refractivity contribution < 1.29 is 13.9 Å². The molecule has 2 aromatic carbocycles. The summed E-state index contributed by atoms with van der Waals surface area (Å²) in [6.07, 6.45) is 0. The zero-order valence-electron chi connectivity index (χ0n) is 11.7. The first-order valence-corrected chi connectivity index (χ1v) is 6.52. The summed E-state index contributed by atoms with van der Waals surface area (Å²) < 4.78 is 23.9. The van der Waals surface area contributed by atoms with E-state index in [9.17, 15) is 4.39 Å². The number of nitrogens with one attached hydrogen (secondary N) is 1. The van der Waals surface area contributed by atoms with Crippen LogP contribution in [0.15, 0.2) is 42.5 Å².